The van der Waals surface area contributed by atoms with Gasteiger partial charge in [-0.2, -0.15) is 0 Å². The predicted molar refractivity (Wildman–Crippen MR) is 72.4 cm³/mol. The molecule has 0 saturated carbocycles. The van der Waals surface area contributed by atoms with Crippen LogP contribution in [-0.2, 0) is 0 Å². The lowest BCUT2D eigenvalue weighted by atomic mass is 9.93. The SMILES string of the molecule is CC(N)CCCC(C)C(=O)c1ccc(Cl)cc1F. The van der Waals surface area contributed by atoms with Crippen LogP contribution >= 0.6 is 11.6 Å². The molecule has 0 spiro atoms. The van der Waals surface area contributed by atoms with Crippen molar-refractivity contribution in [2.24, 2.45) is 11.7 Å². The summed E-state index contributed by atoms with van der Waals surface area (Å²) < 4.78 is 13.6. The molecule has 2 nitrogen and oxygen atoms in total. The molecule has 0 aliphatic carbocycles. The number of carbonyl (C=O) groups is 1. The van der Waals surface area contributed by atoms with E-state index in [0.29, 0.717) is 5.02 Å². The lowest BCUT2D eigenvalue weighted by Gasteiger charge is -2.12. The molecule has 0 heterocycles. The van der Waals surface area contributed by atoms with E-state index in [4.69, 9.17) is 17.3 Å². The van der Waals surface area contributed by atoms with E-state index in [0.717, 1.165) is 19.3 Å². The van der Waals surface area contributed by atoms with Gasteiger partial charge in [-0.25, -0.2) is 4.39 Å². The molecule has 0 fully saturated rings. The minimum Gasteiger partial charge on any atom is -0.328 e. The molecular formula is C14H19ClFNO. The second kappa shape index (κ2) is 6.86. The first-order chi connectivity index (χ1) is 8.41. The molecule has 0 aromatic heterocycles. The molecule has 0 bridgehead atoms. The van der Waals surface area contributed by atoms with E-state index < -0.39 is 5.82 Å². The fourth-order valence-corrected chi connectivity index (χ4v) is 1.99. The Hall–Kier alpha value is -0.930. The third-order valence-corrected chi connectivity index (χ3v) is 3.18. The largest absolute Gasteiger partial charge is 0.328 e. The molecule has 0 saturated heterocycles. The summed E-state index contributed by atoms with van der Waals surface area (Å²) in [6.45, 7) is 3.75. The Labute approximate surface area is 112 Å². The maximum atomic E-state index is 13.6. The number of halogens is 2. The second-order valence-electron chi connectivity index (χ2n) is 4.80. The van der Waals surface area contributed by atoms with Crippen molar-refractivity contribution in [3.8, 4) is 0 Å². The van der Waals surface area contributed by atoms with Gasteiger partial charge in [-0.05, 0) is 38.0 Å². The summed E-state index contributed by atoms with van der Waals surface area (Å²) in [4.78, 5) is 12.0. The van der Waals surface area contributed by atoms with Crippen LogP contribution in [0.25, 0.3) is 0 Å². The number of nitrogens with two attached hydrogens (primary N) is 1. The van der Waals surface area contributed by atoms with Crippen LogP contribution in [0.2, 0.25) is 5.02 Å². The van der Waals surface area contributed by atoms with Crippen LogP contribution in [0.15, 0.2) is 18.2 Å². The van der Waals surface area contributed by atoms with Crippen LogP contribution < -0.4 is 5.73 Å². The second-order valence-corrected chi connectivity index (χ2v) is 5.23. The highest BCUT2D eigenvalue weighted by Gasteiger charge is 2.18. The van der Waals surface area contributed by atoms with Gasteiger partial charge in [-0.1, -0.05) is 24.9 Å². The molecule has 0 amide bonds. The number of carbonyl (C=O) groups excluding carboxylic acids is 1. The summed E-state index contributed by atoms with van der Waals surface area (Å²) in [6.07, 6.45) is 2.48. The van der Waals surface area contributed by atoms with Crippen molar-refractivity contribution in [3.05, 3.63) is 34.6 Å². The van der Waals surface area contributed by atoms with Crippen LogP contribution in [0.5, 0.6) is 0 Å². The van der Waals surface area contributed by atoms with Gasteiger partial charge in [-0.3, -0.25) is 4.79 Å². The molecule has 1 aromatic rings. The smallest absolute Gasteiger partial charge is 0.168 e. The molecule has 18 heavy (non-hydrogen) atoms. The normalized spacial score (nSPS) is 14.3. The van der Waals surface area contributed by atoms with E-state index >= 15 is 0 Å². The number of Topliss-reactive ketones (excluding diaryl/α,β-unsaturated/α-hetero) is 1. The fraction of sp³-hybridized carbons (Fsp3) is 0.500. The van der Waals surface area contributed by atoms with Gasteiger partial charge < -0.3 is 5.73 Å². The third kappa shape index (κ3) is 4.39. The topological polar surface area (TPSA) is 43.1 Å². The molecule has 1 aromatic carbocycles. The summed E-state index contributed by atoms with van der Waals surface area (Å²) in [6, 6.07) is 4.29. The first-order valence-electron chi connectivity index (χ1n) is 6.16. The van der Waals surface area contributed by atoms with E-state index in [2.05, 4.69) is 0 Å². The van der Waals surface area contributed by atoms with E-state index in [9.17, 15) is 9.18 Å². The van der Waals surface area contributed by atoms with Crippen molar-refractivity contribution in [1.82, 2.24) is 0 Å². The maximum absolute atomic E-state index is 13.6. The molecular weight excluding hydrogens is 253 g/mol. The third-order valence-electron chi connectivity index (χ3n) is 2.94. The average molecular weight is 272 g/mol. The zero-order valence-electron chi connectivity index (χ0n) is 10.7. The minimum atomic E-state index is -0.549. The molecule has 0 radical (unpaired) electrons. The summed E-state index contributed by atoms with van der Waals surface area (Å²) in [5, 5.41) is 0.300. The van der Waals surface area contributed by atoms with Crippen molar-refractivity contribution in [3.63, 3.8) is 0 Å². The number of benzene rings is 1. The van der Waals surface area contributed by atoms with Crippen LogP contribution in [0, 0.1) is 11.7 Å². The number of rotatable bonds is 6. The summed E-state index contributed by atoms with van der Waals surface area (Å²) >= 11 is 5.65. The Morgan fingerprint density at radius 3 is 2.61 bits per heavy atom. The molecule has 2 atom stereocenters. The van der Waals surface area contributed by atoms with Gasteiger partial charge >= 0.3 is 0 Å². The first-order valence-corrected chi connectivity index (χ1v) is 6.54. The highest BCUT2D eigenvalue weighted by molar-refractivity contribution is 6.30. The van der Waals surface area contributed by atoms with E-state index in [1.807, 2.05) is 13.8 Å². The van der Waals surface area contributed by atoms with Gasteiger partial charge in [0, 0.05) is 17.0 Å². The highest BCUT2D eigenvalue weighted by Crippen LogP contribution is 2.20. The molecule has 0 aliphatic rings. The van der Waals surface area contributed by atoms with Crippen molar-refractivity contribution in [2.75, 3.05) is 0 Å². The van der Waals surface area contributed by atoms with Crippen molar-refractivity contribution in [1.29, 1.82) is 0 Å². The zero-order chi connectivity index (χ0) is 13.7. The number of hydrogen-bond donors (Lipinski definition) is 1. The quantitative estimate of drug-likeness (QED) is 0.800. The Morgan fingerprint density at radius 1 is 1.39 bits per heavy atom. The Morgan fingerprint density at radius 2 is 2.06 bits per heavy atom. The fourth-order valence-electron chi connectivity index (χ4n) is 1.83. The number of hydrogen-bond acceptors (Lipinski definition) is 2. The summed E-state index contributed by atoms with van der Waals surface area (Å²) in [5.41, 5.74) is 5.77. The predicted octanol–water partition coefficient (Wildman–Crippen LogP) is 3.82. The summed E-state index contributed by atoms with van der Waals surface area (Å²) in [7, 11) is 0. The average Bonchev–Trinajstić information content (AvgIpc) is 2.27. The van der Waals surface area contributed by atoms with Gasteiger partial charge in [-0.15, -0.1) is 0 Å². The van der Waals surface area contributed by atoms with Gasteiger partial charge in [0.1, 0.15) is 5.82 Å². The van der Waals surface area contributed by atoms with Crippen molar-refractivity contribution < 1.29 is 9.18 Å². The van der Waals surface area contributed by atoms with E-state index in [-0.39, 0.29) is 23.3 Å². The van der Waals surface area contributed by atoms with Gasteiger partial charge in [0.05, 0.1) is 5.56 Å². The Kier molecular flexibility index (Phi) is 5.76. The van der Waals surface area contributed by atoms with Gasteiger partial charge in [0.25, 0.3) is 0 Å². The molecule has 2 N–H and O–H groups in total. The maximum Gasteiger partial charge on any atom is 0.168 e. The first kappa shape index (κ1) is 15.1. The molecule has 2 unspecified atom stereocenters. The van der Waals surface area contributed by atoms with Crippen LogP contribution in [0.1, 0.15) is 43.5 Å². The Bertz CT molecular complexity index is 420. The molecule has 4 heteroatoms. The van der Waals surface area contributed by atoms with Crippen molar-refractivity contribution in [2.45, 2.75) is 39.2 Å². The van der Waals surface area contributed by atoms with E-state index in [1.54, 1.807) is 0 Å². The van der Waals surface area contributed by atoms with Gasteiger partial charge in [0.15, 0.2) is 5.78 Å². The van der Waals surface area contributed by atoms with E-state index in [1.165, 1.54) is 18.2 Å². The standard InChI is InChI=1S/C14H19ClFNO/c1-9(4-3-5-10(2)17)14(18)12-7-6-11(15)8-13(12)16/h6-10H,3-5,17H2,1-2H3. The lowest BCUT2D eigenvalue weighted by Crippen LogP contribution is -2.17. The van der Waals surface area contributed by atoms with Crippen LogP contribution in [0.3, 0.4) is 0 Å². The monoisotopic (exact) mass is 271 g/mol. The Balaban J connectivity index is 2.63. The molecule has 0 aliphatic heterocycles. The van der Waals surface area contributed by atoms with Crippen molar-refractivity contribution >= 4 is 17.4 Å². The lowest BCUT2D eigenvalue weighted by molar-refractivity contribution is 0.0918. The molecule has 1 rings (SSSR count). The highest BCUT2D eigenvalue weighted by atomic mass is 35.5. The molecule has 100 valence electrons. The van der Waals surface area contributed by atoms with Gasteiger partial charge in [0.2, 0.25) is 0 Å². The van der Waals surface area contributed by atoms with Crippen LogP contribution in [0.4, 0.5) is 4.39 Å². The minimum absolute atomic E-state index is 0.118. The number of ketones is 1. The zero-order valence-corrected chi connectivity index (χ0v) is 11.5. The van der Waals surface area contributed by atoms with Crippen LogP contribution in [-0.4, -0.2) is 11.8 Å². The summed E-state index contributed by atoms with van der Waals surface area (Å²) in [5.74, 6) is -0.917.